The van der Waals surface area contributed by atoms with Gasteiger partial charge in [0.25, 0.3) is 0 Å². The molecule has 1 atom stereocenters. The Bertz CT molecular complexity index is 123. The van der Waals surface area contributed by atoms with Gasteiger partial charge in [0.05, 0.1) is 6.10 Å². The summed E-state index contributed by atoms with van der Waals surface area (Å²) >= 11 is 0. The molecular weight excluding hydrogens is 207 g/mol. The molecule has 0 aromatic carbocycles. The monoisotopic (exact) mass is 238 g/mol. The number of methoxy groups -OCH3 is 1. The summed E-state index contributed by atoms with van der Waals surface area (Å²) in [6.45, 7) is 4.43. The van der Waals surface area contributed by atoms with Crippen LogP contribution >= 0.6 is 0 Å². The van der Waals surface area contributed by atoms with E-state index in [1.165, 1.54) is 64.2 Å². The molecule has 0 aromatic heterocycles. The Balaban J connectivity index is -0.000000980. The molecule has 1 unspecified atom stereocenters. The Morgan fingerprint density at radius 2 is 1.31 bits per heavy atom. The molecule has 0 aliphatic heterocycles. The number of hydrogen-bond acceptors (Lipinski definition) is 1. The van der Waals surface area contributed by atoms with E-state index in [4.69, 9.17) is 4.74 Å². The Kier molecular flexibility index (Phi) is 19.3. The molecule has 0 saturated carbocycles. The van der Waals surface area contributed by atoms with Gasteiger partial charge in [0, 0.05) is 7.11 Å². The Morgan fingerprint density at radius 1 is 0.875 bits per heavy atom. The van der Waals surface area contributed by atoms with Crippen molar-refractivity contribution in [2.75, 3.05) is 7.11 Å². The molecule has 0 heterocycles. The first kappa shape index (κ1) is 19.3. The maximum absolute atomic E-state index is 5.22. The van der Waals surface area contributed by atoms with Crippen molar-refractivity contribution in [1.82, 2.24) is 0 Å². The van der Waals surface area contributed by atoms with Crippen LogP contribution in [-0.4, -0.2) is 13.2 Å². The van der Waals surface area contributed by atoms with E-state index in [-0.39, 0.29) is 31.0 Å². The van der Waals surface area contributed by atoms with Crippen molar-refractivity contribution < 1.29 is 35.7 Å². The van der Waals surface area contributed by atoms with Crippen molar-refractivity contribution in [3.05, 3.63) is 0 Å². The minimum absolute atomic E-state index is 0. The van der Waals surface area contributed by atoms with E-state index < -0.39 is 0 Å². The molecule has 1 nitrogen and oxygen atoms in total. The summed E-state index contributed by atoms with van der Waals surface area (Å²) in [4.78, 5) is 0. The predicted octanol–water partition coefficient (Wildman–Crippen LogP) is 2.06. The fourth-order valence-electron chi connectivity index (χ4n) is 1.86. The van der Waals surface area contributed by atoms with Gasteiger partial charge in [0.1, 0.15) is 0 Å². The summed E-state index contributed by atoms with van der Waals surface area (Å²) in [5.41, 5.74) is 0. The summed E-state index contributed by atoms with van der Waals surface area (Å²) in [5.74, 6) is 0. The molecule has 0 spiro atoms. The summed E-state index contributed by atoms with van der Waals surface area (Å²) in [6.07, 6.45) is 14.4. The normalized spacial score (nSPS) is 12.2. The van der Waals surface area contributed by atoms with Crippen LogP contribution in [0.5, 0.6) is 0 Å². The summed E-state index contributed by atoms with van der Waals surface area (Å²) in [5, 5.41) is 0. The van der Waals surface area contributed by atoms with Crippen molar-refractivity contribution >= 4 is 0 Å². The maximum Gasteiger partial charge on any atom is 1.00 e. The number of hydrogen-bond donors (Lipinski definition) is 0. The third-order valence-electron chi connectivity index (χ3n) is 3.12. The molecule has 2 heteroatoms. The second-order valence-electron chi connectivity index (χ2n) is 4.66. The smallest absolute Gasteiger partial charge is 1.00 e. The summed E-state index contributed by atoms with van der Waals surface area (Å²) in [6, 6.07) is 0. The van der Waals surface area contributed by atoms with Gasteiger partial charge < -0.3 is 6.16 Å². The molecule has 0 rings (SSSR count). The van der Waals surface area contributed by atoms with E-state index in [0.29, 0.717) is 6.10 Å². The van der Waals surface area contributed by atoms with Crippen LogP contribution in [0.25, 0.3) is 0 Å². The van der Waals surface area contributed by atoms with Crippen LogP contribution in [0.1, 0.15) is 79.5 Å². The molecule has 0 aromatic rings. The van der Waals surface area contributed by atoms with Gasteiger partial charge in [-0.3, -0.25) is 0 Å². The van der Waals surface area contributed by atoms with Gasteiger partial charge in [-0.25, -0.2) is 0 Å². The van der Waals surface area contributed by atoms with Crippen LogP contribution in [0.3, 0.4) is 0 Å². The van der Waals surface area contributed by atoms with E-state index in [0.717, 1.165) is 0 Å². The zero-order valence-electron chi connectivity index (χ0n) is 13.1. The van der Waals surface area contributed by atoms with Crippen molar-refractivity contribution in [1.29, 1.82) is 0 Å². The van der Waals surface area contributed by atoms with Crippen LogP contribution in [-0.2, 0) is 4.74 Å². The molecule has 0 saturated heterocycles. The van der Waals surface area contributed by atoms with Gasteiger partial charge in [-0.1, -0.05) is 64.7 Å². The topological polar surface area (TPSA) is 9.23 Å². The summed E-state index contributed by atoms with van der Waals surface area (Å²) < 4.78 is 5.22. The molecule has 0 aliphatic carbocycles. The van der Waals surface area contributed by atoms with Crippen LogP contribution in [0.2, 0.25) is 0 Å². The molecular formula is C14H31NaO. The minimum Gasteiger partial charge on any atom is -1.00 e. The van der Waals surface area contributed by atoms with E-state index in [9.17, 15) is 0 Å². The molecule has 0 fully saturated rings. The molecule has 0 bridgehead atoms. The van der Waals surface area contributed by atoms with E-state index >= 15 is 0 Å². The largest absolute Gasteiger partial charge is 1.00 e. The van der Waals surface area contributed by atoms with Crippen molar-refractivity contribution in [2.45, 2.75) is 84.2 Å². The number of ether oxygens (including phenoxy) is 1. The molecule has 0 amide bonds. The van der Waals surface area contributed by atoms with Crippen molar-refractivity contribution in [2.24, 2.45) is 0 Å². The van der Waals surface area contributed by atoms with Crippen LogP contribution in [0.4, 0.5) is 0 Å². The zero-order chi connectivity index (χ0) is 11.4. The van der Waals surface area contributed by atoms with Gasteiger partial charge in [-0.15, -0.1) is 0 Å². The second-order valence-corrected chi connectivity index (χ2v) is 4.66. The standard InChI is InChI=1S/C14H30O.Na.H/c1-4-5-6-7-8-9-10-11-12-13-14(2)15-3;;/h14H,4-13H2,1-3H3;;/q;+1;-1. The summed E-state index contributed by atoms with van der Waals surface area (Å²) in [7, 11) is 1.80. The first-order valence-corrected chi connectivity index (χ1v) is 6.84. The maximum atomic E-state index is 5.22. The molecule has 0 radical (unpaired) electrons. The average Bonchev–Trinajstić information content (AvgIpc) is 2.26. The van der Waals surface area contributed by atoms with Gasteiger partial charge in [0.15, 0.2) is 0 Å². The first-order valence-electron chi connectivity index (χ1n) is 6.84. The van der Waals surface area contributed by atoms with Gasteiger partial charge in [-0.2, -0.15) is 0 Å². The minimum atomic E-state index is 0. The molecule has 0 aliphatic rings. The van der Waals surface area contributed by atoms with E-state index in [1.54, 1.807) is 7.11 Å². The Hall–Kier alpha value is 0.960. The second kappa shape index (κ2) is 16.0. The van der Waals surface area contributed by atoms with Crippen molar-refractivity contribution in [3.8, 4) is 0 Å². The molecule has 94 valence electrons. The third-order valence-corrected chi connectivity index (χ3v) is 3.12. The predicted molar refractivity (Wildman–Crippen MR) is 69.4 cm³/mol. The Labute approximate surface area is 126 Å². The van der Waals surface area contributed by atoms with Gasteiger partial charge in [0.2, 0.25) is 0 Å². The van der Waals surface area contributed by atoms with E-state index in [2.05, 4.69) is 13.8 Å². The van der Waals surface area contributed by atoms with Gasteiger partial charge in [-0.05, 0) is 13.3 Å². The van der Waals surface area contributed by atoms with Crippen LogP contribution in [0, 0.1) is 0 Å². The molecule has 16 heavy (non-hydrogen) atoms. The Morgan fingerprint density at radius 3 is 1.75 bits per heavy atom. The average molecular weight is 238 g/mol. The SMILES string of the molecule is CCCCCCCCCCCC(C)OC.[H-].[Na+]. The van der Waals surface area contributed by atoms with Crippen molar-refractivity contribution in [3.63, 3.8) is 0 Å². The third kappa shape index (κ3) is 15.0. The number of unbranched alkanes of at least 4 members (excludes halogenated alkanes) is 8. The van der Waals surface area contributed by atoms with E-state index in [1.807, 2.05) is 0 Å². The fourth-order valence-corrected chi connectivity index (χ4v) is 1.86. The molecule has 0 N–H and O–H groups in total. The van der Waals surface area contributed by atoms with Gasteiger partial charge >= 0.3 is 29.6 Å². The quantitative estimate of drug-likeness (QED) is 0.395. The number of rotatable bonds is 11. The van der Waals surface area contributed by atoms with Crippen LogP contribution in [0.15, 0.2) is 0 Å². The van der Waals surface area contributed by atoms with Crippen LogP contribution < -0.4 is 29.6 Å². The first-order chi connectivity index (χ1) is 7.31. The fraction of sp³-hybridized carbons (Fsp3) is 1.00. The zero-order valence-corrected chi connectivity index (χ0v) is 14.1.